The normalized spacial score (nSPS) is 10.8. The number of aromatic hydroxyl groups is 1. The first-order chi connectivity index (χ1) is 60.4. The number of aryl methyl sites for hydroxylation is 1. The molecule has 0 radical (unpaired) electrons. The Balaban J connectivity index is -0.000000457. The molecule has 0 atom stereocenters. The van der Waals surface area contributed by atoms with Crippen LogP contribution in [0.1, 0.15) is 303 Å². The Morgan fingerprint density at radius 1 is 0.341 bits per heavy atom. The van der Waals surface area contributed by atoms with Gasteiger partial charge in [0.25, 0.3) is 9.05 Å². The summed E-state index contributed by atoms with van der Waals surface area (Å²) in [6.45, 7) is 42.6. The summed E-state index contributed by atoms with van der Waals surface area (Å²) in [7, 11) is 5.56. The smallest absolute Gasteiger partial charge is 0.337 e. The van der Waals surface area contributed by atoms with E-state index in [1.54, 1.807) is 60.7 Å². The van der Waals surface area contributed by atoms with Crippen LogP contribution in [-0.4, -0.2) is 224 Å². The number of aliphatic hydroxyl groups excluding tert-OH is 2. The molecule has 4 aromatic carbocycles. The molecule has 129 heavy (non-hydrogen) atoms. The van der Waals surface area contributed by atoms with Gasteiger partial charge in [0.2, 0.25) is 0 Å². The number of carbonyl (C=O) groups excluding carboxylic acids is 9. The maximum absolute atomic E-state index is 11.4. The summed E-state index contributed by atoms with van der Waals surface area (Å²) in [5, 5.41) is 25.9. The summed E-state index contributed by atoms with van der Waals surface area (Å²) in [4.78, 5) is 99.7. The summed E-state index contributed by atoms with van der Waals surface area (Å²) in [5.41, 5.74) is 0.337. The number of hydrogen-bond donors (Lipinski definition) is 3. The number of halogens is 2. The van der Waals surface area contributed by atoms with Gasteiger partial charge in [-0.2, -0.15) is 0 Å². The second-order valence-corrected chi connectivity index (χ2v) is 37.0. The number of unbranched alkanes of at least 4 members (excludes halogenated alkanes) is 15. The van der Waals surface area contributed by atoms with Crippen molar-refractivity contribution in [1.29, 1.82) is 0 Å². The molecule has 4 rings (SSSR count). The predicted octanol–water partition coefficient (Wildman–Crippen LogP) is 19.7. The van der Waals surface area contributed by atoms with Gasteiger partial charge in [0.1, 0.15) is 83.6 Å². The molecule has 4 aromatic rings. The van der Waals surface area contributed by atoms with Gasteiger partial charge in [-0.3, -0.25) is 9.59 Å². The van der Waals surface area contributed by atoms with Crippen molar-refractivity contribution in [1.82, 2.24) is 0 Å². The number of hydrogen-bond acceptors (Lipinski definition) is 29. The fourth-order valence-corrected chi connectivity index (χ4v) is 10.2. The minimum atomic E-state index is -3.55. The number of ether oxygens (including phenoxy) is 15. The number of carbonyl (C=O) groups is 9. The number of alkyl halides is 1. The summed E-state index contributed by atoms with van der Waals surface area (Å²) in [5.74, 6) is -0.930. The van der Waals surface area contributed by atoms with Gasteiger partial charge in [0, 0.05) is 56.9 Å². The van der Waals surface area contributed by atoms with Crippen molar-refractivity contribution in [3.05, 3.63) is 119 Å². The highest BCUT2D eigenvalue weighted by Crippen LogP contribution is 2.19. The third kappa shape index (κ3) is 94.6. The van der Waals surface area contributed by atoms with Gasteiger partial charge >= 0.3 is 47.8 Å². The fraction of sp³-hybridized carbons (Fsp3) is 0.660. The van der Waals surface area contributed by atoms with Gasteiger partial charge in [0.05, 0.1) is 56.1 Å². The van der Waals surface area contributed by atoms with Gasteiger partial charge in [-0.15, -0.1) is 0 Å². The van der Waals surface area contributed by atoms with Crippen LogP contribution in [-0.2, 0) is 99.4 Å². The molecule has 3 N–H and O–H groups in total. The Morgan fingerprint density at radius 2 is 0.581 bits per heavy atom. The highest BCUT2D eigenvalue weighted by molar-refractivity contribution is 9.09. The molecule has 0 heterocycles. The quantitative estimate of drug-likeness (QED) is 0.0122. The molecule has 0 aliphatic carbocycles. The standard InChI is InChI=1S/C19H28O6.C16H22O5.2C12H24O3.C11H22O4.C8H8O3.C7H7ClO2S.C6H11BrO2.C6H14O/c1-19(2,3)25-17(20)14-23-12-6-5-7-13-24-16-10-8-15(9-11-16)18(21)22-4;1-13(17)12-20-10-4-3-5-11-21-15-8-6-14(7-9-15)16(18)19-2;2*1-5-6-7-8-9-14-10-11(13)15-12(2,3)4;1-11(2,3)15-10(13)9-14-8-6-4-5-7-12;1-11-8(10)6-2-4-7(9)5-3-6;1-6-2-4-7(5-3-6)11(8,9)10;1-6(2,3)9-5(8)4-7;1-2-3-4-5-6-7/h8-11H,5-7,12-14H2,1-4H3;6-9H,3-5,10-12H2,1-2H3;2*5-10H2,1-4H3;12H,4-9H2,1-3H3;2-5,9H,1H3;2-5H,1H3;4H2,1-3H3;7H,2-6H2,1H3. The van der Waals surface area contributed by atoms with Crippen molar-refractivity contribution >= 4 is 89.2 Å². The molecule has 32 heteroatoms. The molecule has 0 bridgehead atoms. The van der Waals surface area contributed by atoms with Crippen molar-refractivity contribution in [3.8, 4) is 17.2 Å². The average molecular weight is 1940 g/mol. The lowest BCUT2D eigenvalue weighted by molar-refractivity contribution is -0.161. The number of ketones is 1. The van der Waals surface area contributed by atoms with Crippen molar-refractivity contribution in [2.45, 2.75) is 306 Å². The zero-order chi connectivity index (χ0) is 99.2. The van der Waals surface area contributed by atoms with Crippen LogP contribution in [0.2, 0.25) is 0 Å². The molecule has 0 saturated carbocycles. The molecule has 0 unspecified atom stereocenters. The van der Waals surface area contributed by atoms with E-state index >= 15 is 0 Å². The molecule has 29 nitrogen and oxygen atoms in total. The zero-order valence-electron chi connectivity index (χ0n) is 81.8. The lowest BCUT2D eigenvalue weighted by Gasteiger charge is -2.19. The topological polar surface area (TPSA) is 387 Å². The minimum absolute atomic E-state index is 0.0103. The lowest BCUT2D eigenvalue weighted by Crippen LogP contribution is -2.26. The molecule has 0 saturated heterocycles. The number of Topliss-reactive ketones (excluding diaryl/α,β-unsaturated/α-hetero) is 1. The van der Waals surface area contributed by atoms with Crippen LogP contribution < -0.4 is 9.47 Å². The molecule has 0 aliphatic rings. The molecular formula is C97H160BrClO29S. The highest BCUT2D eigenvalue weighted by atomic mass is 79.9. The fourth-order valence-electron chi connectivity index (χ4n) is 9.36. The Bertz CT molecular complexity index is 3520. The average Bonchev–Trinajstić information content (AvgIpc) is 0.873. The van der Waals surface area contributed by atoms with Crippen LogP contribution in [0.3, 0.4) is 0 Å². The van der Waals surface area contributed by atoms with Gasteiger partial charge in [-0.25, -0.2) is 42.0 Å². The first-order valence-corrected chi connectivity index (χ1v) is 47.6. The number of aliphatic hydroxyl groups is 2. The van der Waals surface area contributed by atoms with Crippen molar-refractivity contribution < 1.29 is 138 Å². The van der Waals surface area contributed by atoms with E-state index in [2.05, 4.69) is 50.9 Å². The van der Waals surface area contributed by atoms with Gasteiger partial charge in [-0.05, 0) is 280 Å². The van der Waals surface area contributed by atoms with Crippen LogP contribution in [0.5, 0.6) is 17.2 Å². The second kappa shape index (κ2) is 79.9. The van der Waals surface area contributed by atoms with Crippen LogP contribution in [0.25, 0.3) is 0 Å². The Morgan fingerprint density at radius 3 is 0.814 bits per heavy atom. The number of phenols is 1. The van der Waals surface area contributed by atoms with E-state index < -0.39 is 37.4 Å². The van der Waals surface area contributed by atoms with E-state index in [9.17, 15) is 51.6 Å². The van der Waals surface area contributed by atoms with Crippen LogP contribution in [0.4, 0.5) is 0 Å². The van der Waals surface area contributed by atoms with Crippen LogP contribution in [0, 0.1) is 6.92 Å². The van der Waals surface area contributed by atoms with Crippen LogP contribution in [0.15, 0.2) is 102 Å². The Hall–Kier alpha value is -7.85. The summed E-state index contributed by atoms with van der Waals surface area (Å²) in [6.07, 6.45) is 22.0. The molecule has 0 aromatic heterocycles. The number of esters is 8. The number of methoxy groups -OCH3 is 3. The van der Waals surface area contributed by atoms with Crippen molar-refractivity contribution in [3.63, 3.8) is 0 Å². The van der Waals surface area contributed by atoms with E-state index in [1.807, 2.05) is 111 Å². The summed E-state index contributed by atoms with van der Waals surface area (Å²) >= 11 is 2.99. The van der Waals surface area contributed by atoms with Crippen molar-refractivity contribution in [2.75, 3.05) is 119 Å². The highest BCUT2D eigenvalue weighted by Gasteiger charge is 2.21. The maximum Gasteiger partial charge on any atom is 0.337 e. The first kappa shape index (κ1) is 130. The van der Waals surface area contributed by atoms with E-state index in [0.29, 0.717) is 75.3 Å². The minimum Gasteiger partial charge on any atom is -0.508 e. The Labute approximate surface area is 784 Å². The maximum atomic E-state index is 11.4. The number of rotatable bonds is 48. The third-order valence-corrected chi connectivity index (χ3v) is 17.0. The molecule has 742 valence electrons. The zero-order valence-corrected chi connectivity index (χ0v) is 85.0. The van der Waals surface area contributed by atoms with E-state index in [1.165, 1.54) is 122 Å². The van der Waals surface area contributed by atoms with Gasteiger partial charge in [0.15, 0.2) is 5.78 Å². The van der Waals surface area contributed by atoms with E-state index in [4.69, 9.17) is 82.8 Å². The predicted molar refractivity (Wildman–Crippen MR) is 506 cm³/mol. The van der Waals surface area contributed by atoms with E-state index in [0.717, 1.165) is 88.4 Å². The van der Waals surface area contributed by atoms with Crippen LogP contribution >= 0.6 is 26.6 Å². The monoisotopic (exact) mass is 1930 g/mol. The van der Waals surface area contributed by atoms with Gasteiger partial charge in [-0.1, -0.05) is 112 Å². The third-order valence-electron chi connectivity index (χ3n) is 15.2. The molecule has 0 amide bonds. The SMILES string of the molecule is CC(C)(C)OC(=O)CBr.CC(C)(C)OC(=O)COCCCCCO.CCCCCCO.CCCCCCOCC(=O)OC(C)(C)C.CCCCCCOCC(=O)OC(C)(C)C.COC(=O)c1ccc(O)cc1.COC(=O)c1ccc(OCCCCCOCC(=O)OC(C)(C)C)cc1.COC(=O)c1ccc(OCCCCCOCC(C)=O)cc1.Cc1ccc(S(=O)(=O)Cl)cc1. The molecule has 0 spiro atoms. The Kier molecular flexibility index (Phi) is 80.3. The number of phenolic OH excluding ortho intramolecular Hbond substituents is 1. The molecule has 0 fully saturated rings. The van der Waals surface area contributed by atoms with Gasteiger partial charge < -0.3 is 86.4 Å². The summed E-state index contributed by atoms with van der Waals surface area (Å²) < 4.78 is 97.7. The first-order valence-electron chi connectivity index (χ1n) is 44.2. The summed E-state index contributed by atoms with van der Waals surface area (Å²) in [6, 6.07) is 25.9. The van der Waals surface area contributed by atoms with E-state index in [-0.39, 0.29) is 109 Å². The molecule has 0 aliphatic heterocycles. The largest absolute Gasteiger partial charge is 0.508 e. The second-order valence-electron chi connectivity index (χ2n) is 33.9. The number of benzene rings is 4. The molecular weight excluding hydrogens is 1780 g/mol. The van der Waals surface area contributed by atoms with Crippen molar-refractivity contribution in [2.24, 2.45) is 0 Å². The lowest BCUT2D eigenvalue weighted by atomic mass is 10.2.